The number of ether oxygens (including phenoxy) is 1. The number of hydrogen-bond acceptors (Lipinski definition) is 3. The van der Waals surface area contributed by atoms with Crippen LogP contribution in [-0.4, -0.2) is 42.6 Å². The van der Waals surface area contributed by atoms with Gasteiger partial charge in [-0.05, 0) is 24.8 Å². The largest absolute Gasteiger partial charge is 0.373 e. The molecule has 4 heteroatoms. The van der Waals surface area contributed by atoms with E-state index in [1.807, 2.05) is 30.0 Å². The molecule has 0 radical (unpaired) electrons. The maximum atomic E-state index is 12.5. The van der Waals surface area contributed by atoms with E-state index in [1.165, 1.54) is 5.56 Å². The van der Waals surface area contributed by atoms with Crippen LogP contribution in [0.1, 0.15) is 24.8 Å². The highest BCUT2D eigenvalue weighted by atomic mass is 16.5. The van der Waals surface area contributed by atoms with Crippen LogP contribution in [0, 0.1) is 5.92 Å². The van der Waals surface area contributed by atoms with Gasteiger partial charge in [-0.25, -0.2) is 0 Å². The van der Waals surface area contributed by atoms with Crippen LogP contribution >= 0.6 is 0 Å². The molecular weight excluding hydrogens is 252 g/mol. The molecule has 3 rings (SSSR count). The minimum absolute atomic E-state index is 0.0263. The van der Waals surface area contributed by atoms with Gasteiger partial charge in [-0.15, -0.1) is 0 Å². The second-order valence-corrected chi connectivity index (χ2v) is 5.91. The first-order valence-electron chi connectivity index (χ1n) is 7.37. The summed E-state index contributed by atoms with van der Waals surface area (Å²) in [6.45, 7) is 3.86. The van der Waals surface area contributed by atoms with Crippen molar-refractivity contribution in [1.82, 2.24) is 4.90 Å². The van der Waals surface area contributed by atoms with Crippen molar-refractivity contribution in [2.24, 2.45) is 11.7 Å². The van der Waals surface area contributed by atoms with E-state index in [1.54, 1.807) is 0 Å². The molecule has 2 fully saturated rings. The van der Waals surface area contributed by atoms with Crippen molar-refractivity contribution >= 4 is 5.91 Å². The fourth-order valence-electron chi connectivity index (χ4n) is 2.96. The molecule has 2 N–H and O–H groups in total. The lowest BCUT2D eigenvalue weighted by atomic mass is 10.1. The Morgan fingerprint density at radius 3 is 2.85 bits per heavy atom. The van der Waals surface area contributed by atoms with Crippen molar-refractivity contribution in [3.8, 4) is 0 Å². The number of morpholine rings is 1. The third kappa shape index (κ3) is 2.72. The molecule has 1 heterocycles. The summed E-state index contributed by atoms with van der Waals surface area (Å²) < 4.78 is 5.61. The molecule has 4 nitrogen and oxygen atoms in total. The second kappa shape index (κ2) is 5.54. The lowest BCUT2D eigenvalue weighted by molar-refractivity contribution is -0.140. The van der Waals surface area contributed by atoms with Gasteiger partial charge >= 0.3 is 0 Å². The Balaban J connectivity index is 1.60. The van der Waals surface area contributed by atoms with Crippen LogP contribution in [-0.2, 0) is 9.53 Å². The minimum atomic E-state index is -0.0327. The van der Waals surface area contributed by atoms with Crippen LogP contribution in [0.3, 0.4) is 0 Å². The van der Waals surface area contributed by atoms with Gasteiger partial charge < -0.3 is 15.4 Å². The summed E-state index contributed by atoms with van der Waals surface area (Å²) in [5, 5.41) is 0. The first-order valence-corrected chi connectivity index (χ1v) is 7.37. The lowest BCUT2D eigenvalue weighted by Gasteiger charge is -2.35. The number of nitrogens with zero attached hydrogens (tertiary/aromatic N) is 1. The standard InChI is InChI=1S/C16H22N2O2/c1-11(17)15-10-18(7-8-20-15)16(19)14-9-13(14)12-5-3-2-4-6-12/h2-6,11,13-15H,7-10,17H2,1H3. The number of carbonyl (C=O) groups is 1. The highest BCUT2D eigenvalue weighted by molar-refractivity contribution is 5.83. The highest BCUT2D eigenvalue weighted by Crippen LogP contribution is 2.48. The first-order chi connectivity index (χ1) is 9.66. The van der Waals surface area contributed by atoms with E-state index in [0.717, 1.165) is 6.42 Å². The molecule has 0 spiro atoms. The van der Waals surface area contributed by atoms with E-state index in [0.29, 0.717) is 25.6 Å². The number of rotatable bonds is 3. The molecule has 0 bridgehead atoms. The van der Waals surface area contributed by atoms with Crippen molar-refractivity contribution in [3.63, 3.8) is 0 Å². The average Bonchev–Trinajstić information content (AvgIpc) is 3.28. The molecule has 20 heavy (non-hydrogen) atoms. The summed E-state index contributed by atoms with van der Waals surface area (Å²) in [6, 6.07) is 10.3. The topological polar surface area (TPSA) is 55.6 Å². The fourth-order valence-corrected chi connectivity index (χ4v) is 2.96. The Morgan fingerprint density at radius 1 is 1.40 bits per heavy atom. The first kappa shape index (κ1) is 13.6. The molecule has 4 atom stereocenters. The summed E-state index contributed by atoms with van der Waals surface area (Å²) in [5.41, 5.74) is 7.16. The Labute approximate surface area is 119 Å². The third-order valence-corrected chi connectivity index (χ3v) is 4.33. The van der Waals surface area contributed by atoms with Crippen LogP contribution in [0.15, 0.2) is 30.3 Å². The Hall–Kier alpha value is -1.39. The van der Waals surface area contributed by atoms with Crippen molar-refractivity contribution in [2.45, 2.75) is 31.4 Å². The maximum Gasteiger partial charge on any atom is 0.226 e. The summed E-state index contributed by atoms with van der Waals surface area (Å²) in [7, 11) is 0. The summed E-state index contributed by atoms with van der Waals surface area (Å²) in [4.78, 5) is 14.5. The van der Waals surface area contributed by atoms with Crippen LogP contribution in [0.5, 0.6) is 0 Å². The molecule has 1 saturated carbocycles. The van der Waals surface area contributed by atoms with Gasteiger partial charge in [0.05, 0.1) is 12.7 Å². The SMILES string of the molecule is CC(N)C1CN(C(=O)C2CC2c2ccccc2)CCO1. The molecule has 2 aliphatic rings. The summed E-state index contributed by atoms with van der Waals surface area (Å²) in [5.74, 6) is 0.831. The van der Waals surface area contributed by atoms with E-state index in [9.17, 15) is 4.79 Å². The molecule has 1 aliphatic heterocycles. The smallest absolute Gasteiger partial charge is 0.226 e. The summed E-state index contributed by atoms with van der Waals surface area (Å²) >= 11 is 0. The van der Waals surface area contributed by atoms with E-state index in [4.69, 9.17) is 10.5 Å². The average molecular weight is 274 g/mol. The molecule has 1 aliphatic carbocycles. The van der Waals surface area contributed by atoms with Gasteiger partial charge in [-0.3, -0.25) is 4.79 Å². The van der Waals surface area contributed by atoms with Crippen LogP contribution in [0.2, 0.25) is 0 Å². The predicted molar refractivity (Wildman–Crippen MR) is 77.3 cm³/mol. The molecule has 1 aromatic rings. The van der Waals surface area contributed by atoms with Crippen LogP contribution in [0.25, 0.3) is 0 Å². The zero-order chi connectivity index (χ0) is 14.1. The van der Waals surface area contributed by atoms with E-state index >= 15 is 0 Å². The van der Waals surface area contributed by atoms with E-state index in [-0.39, 0.29) is 24.0 Å². The molecule has 1 aromatic carbocycles. The Bertz CT molecular complexity index is 475. The van der Waals surface area contributed by atoms with Crippen molar-refractivity contribution < 1.29 is 9.53 Å². The fraction of sp³-hybridized carbons (Fsp3) is 0.562. The monoisotopic (exact) mass is 274 g/mol. The molecule has 0 aromatic heterocycles. The van der Waals surface area contributed by atoms with Crippen molar-refractivity contribution in [1.29, 1.82) is 0 Å². The van der Waals surface area contributed by atoms with Crippen molar-refractivity contribution in [3.05, 3.63) is 35.9 Å². The van der Waals surface area contributed by atoms with Gasteiger partial charge in [0.2, 0.25) is 5.91 Å². The highest BCUT2D eigenvalue weighted by Gasteiger charge is 2.46. The minimum Gasteiger partial charge on any atom is -0.373 e. The number of benzene rings is 1. The molecule has 4 unspecified atom stereocenters. The zero-order valence-electron chi connectivity index (χ0n) is 11.9. The van der Waals surface area contributed by atoms with Gasteiger partial charge in [0.1, 0.15) is 0 Å². The van der Waals surface area contributed by atoms with E-state index in [2.05, 4.69) is 12.1 Å². The van der Waals surface area contributed by atoms with Gasteiger partial charge in [-0.2, -0.15) is 0 Å². The van der Waals surface area contributed by atoms with Crippen LogP contribution in [0.4, 0.5) is 0 Å². The Morgan fingerprint density at radius 2 is 2.15 bits per heavy atom. The van der Waals surface area contributed by atoms with Gasteiger partial charge in [0.15, 0.2) is 0 Å². The van der Waals surface area contributed by atoms with Crippen molar-refractivity contribution in [2.75, 3.05) is 19.7 Å². The number of nitrogens with two attached hydrogens (primary N) is 1. The Kier molecular flexibility index (Phi) is 3.76. The zero-order valence-corrected chi connectivity index (χ0v) is 11.9. The third-order valence-electron chi connectivity index (χ3n) is 4.33. The molecular formula is C16H22N2O2. The second-order valence-electron chi connectivity index (χ2n) is 5.91. The van der Waals surface area contributed by atoms with Gasteiger partial charge in [0.25, 0.3) is 0 Å². The van der Waals surface area contributed by atoms with Crippen LogP contribution < -0.4 is 5.73 Å². The summed E-state index contributed by atoms with van der Waals surface area (Å²) in [6.07, 6.45) is 0.949. The quantitative estimate of drug-likeness (QED) is 0.905. The molecule has 108 valence electrons. The maximum absolute atomic E-state index is 12.5. The number of amides is 1. The molecule has 1 amide bonds. The number of carbonyl (C=O) groups excluding carboxylic acids is 1. The normalized spacial score (nSPS) is 30.9. The number of hydrogen-bond donors (Lipinski definition) is 1. The lowest BCUT2D eigenvalue weighted by Crippen LogP contribution is -2.51. The predicted octanol–water partition coefficient (Wildman–Crippen LogP) is 1.36. The van der Waals surface area contributed by atoms with Gasteiger partial charge in [-0.1, -0.05) is 30.3 Å². The van der Waals surface area contributed by atoms with E-state index < -0.39 is 0 Å². The van der Waals surface area contributed by atoms with Gasteiger partial charge in [0, 0.05) is 25.0 Å². The molecule has 1 saturated heterocycles.